The molecule has 1 aromatic heterocycles. The van der Waals surface area contributed by atoms with Crippen LogP contribution in [0.1, 0.15) is 12.5 Å². The number of ether oxygens (including phenoxy) is 1. The summed E-state index contributed by atoms with van der Waals surface area (Å²) in [4.78, 5) is 7.85. The van der Waals surface area contributed by atoms with Crippen molar-refractivity contribution in [3.8, 4) is 6.01 Å². The third-order valence-corrected chi connectivity index (χ3v) is 3.27. The van der Waals surface area contributed by atoms with E-state index < -0.39 is 5.92 Å². The van der Waals surface area contributed by atoms with Crippen LogP contribution in [0.3, 0.4) is 0 Å². The topological polar surface area (TPSA) is 83.2 Å². The zero-order chi connectivity index (χ0) is 17.6. The zero-order valence-electron chi connectivity index (χ0n) is 12.6. The van der Waals surface area contributed by atoms with Gasteiger partial charge in [-0.1, -0.05) is 12.1 Å². The van der Waals surface area contributed by atoms with Crippen molar-refractivity contribution in [2.75, 3.05) is 11.9 Å². The second-order valence-electron chi connectivity index (χ2n) is 4.83. The van der Waals surface area contributed by atoms with Crippen LogP contribution in [0.5, 0.6) is 6.01 Å². The quantitative estimate of drug-likeness (QED) is 0.662. The molecule has 2 aromatic rings. The first-order valence-corrected chi connectivity index (χ1v) is 7.59. The molecule has 1 heterocycles. The molecule has 6 nitrogen and oxygen atoms in total. The molecule has 24 heavy (non-hydrogen) atoms. The molecular weight excluding hydrogens is 384 g/mol. The van der Waals surface area contributed by atoms with E-state index in [0.717, 1.165) is 6.92 Å². The first-order valence-electron chi connectivity index (χ1n) is 6.80. The summed E-state index contributed by atoms with van der Waals surface area (Å²) in [6.45, 7) is 0.792. The maximum absolute atomic E-state index is 13.3. The van der Waals surface area contributed by atoms with E-state index in [0.29, 0.717) is 10.2 Å². The molecule has 126 valence electrons. The highest BCUT2D eigenvalue weighted by atomic mass is 79.9. The van der Waals surface area contributed by atoms with Crippen LogP contribution in [0.2, 0.25) is 0 Å². The average Bonchev–Trinajstić information content (AvgIpc) is 2.56. The molecule has 1 aromatic carbocycles. The maximum Gasteiger partial charge on any atom is 0.316 e. The van der Waals surface area contributed by atoms with Gasteiger partial charge in [-0.25, -0.2) is 24.3 Å². The number of aromatic nitrogens is 2. The molecule has 0 spiro atoms. The third kappa shape index (κ3) is 5.34. The minimum Gasteiger partial charge on any atom is -0.457 e. The maximum atomic E-state index is 13.3. The van der Waals surface area contributed by atoms with Crippen LogP contribution in [0.25, 0.3) is 0 Å². The van der Waals surface area contributed by atoms with Gasteiger partial charge in [0.15, 0.2) is 0 Å². The number of halogens is 3. The monoisotopic (exact) mass is 397 g/mol. The smallest absolute Gasteiger partial charge is 0.316 e. The average molecular weight is 398 g/mol. The highest BCUT2D eigenvalue weighted by molar-refractivity contribution is 9.10. The normalized spacial score (nSPS) is 11.9. The molecule has 0 atom stereocenters. The van der Waals surface area contributed by atoms with Gasteiger partial charge in [0.05, 0.1) is 4.47 Å². The van der Waals surface area contributed by atoms with Gasteiger partial charge < -0.3 is 10.1 Å². The van der Waals surface area contributed by atoms with Crippen LogP contribution in [0.15, 0.2) is 58.1 Å². The van der Waals surface area contributed by atoms with Crippen molar-refractivity contribution in [2.45, 2.75) is 12.8 Å². The Labute approximate surface area is 145 Å². The molecule has 0 saturated carbocycles. The molecule has 0 aliphatic heterocycles. The largest absolute Gasteiger partial charge is 0.457 e. The Morgan fingerprint density at radius 2 is 2.12 bits per heavy atom. The van der Waals surface area contributed by atoms with Crippen LogP contribution < -0.4 is 10.1 Å². The molecule has 2 N–H and O–H groups in total. The van der Waals surface area contributed by atoms with Gasteiger partial charge in [-0.2, -0.15) is 5.11 Å². The number of anilines is 1. The van der Waals surface area contributed by atoms with Crippen molar-refractivity contribution < 1.29 is 13.5 Å². The fourth-order valence-electron chi connectivity index (χ4n) is 1.67. The fourth-order valence-corrected chi connectivity index (χ4v) is 1.87. The summed E-state index contributed by atoms with van der Waals surface area (Å²) >= 11 is 3.21. The fraction of sp³-hybridized carbons (Fsp3) is 0.200. The lowest BCUT2D eigenvalue weighted by molar-refractivity contribution is 0.0175. The summed E-state index contributed by atoms with van der Waals surface area (Å²) in [5.74, 6) is -2.92. The predicted molar refractivity (Wildman–Crippen MR) is 88.1 cm³/mol. The zero-order valence-corrected chi connectivity index (χ0v) is 14.2. The summed E-state index contributed by atoms with van der Waals surface area (Å²) in [6, 6.07) is 5.97. The Hall–Kier alpha value is -2.42. The first kappa shape index (κ1) is 17.9. The molecule has 0 aliphatic rings. The summed E-state index contributed by atoms with van der Waals surface area (Å²) in [6.07, 6.45) is 4.45. The van der Waals surface area contributed by atoms with Gasteiger partial charge in [0.1, 0.15) is 12.3 Å². The molecule has 0 saturated heterocycles. The van der Waals surface area contributed by atoms with E-state index in [1.165, 1.54) is 36.8 Å². The van der Waals surface area contributed by atoms with Crippen LogP contribution in [-0.4, -0.2) is 16.6 Å². The van der Waals surface area contributed by atoms with Crippen molar-refractivity contribution in [3.63, 3.8) is 0 Å². The highest BCUT2D eigenvalue weighted by Crippen LogP contribution is 2.28. The van der Waals surface area contributed by atoms with Crippen molar-refractivity contribution >= 4 is 21.6 Å². The van der Waals surface area contributed by atoms with Crippen molar-refractivity contribution in [1.82, 2.24) is 9.97 Å². The van der Waals surface area contributed by atoms with E-state index in [9.17, 15) is 8.78 Å². The highest BCUT2D eigenvalue weighted by Gasteiger charge is 2.23. The molecule has 0 fully saturated rings. The number of hydrogen-bond donors (Lipinski definition) is 2. The molecule has 0 bridgehead atoms. The summed E-state index contributed by atoms with van der Waals surface area (Å²) in [7, 11) is 0. The van der Waals surface area contributed by atoms with Crippen LogP contribution >= 0.6 is 15.9 Å². The molecule has 0 amide bonds. The van der Waals surface area contributed by atoms with E-state index in [4.69, 9.17) is 10.3 Å². The Morgan fingerprint density at radius 3 is 2.75 bits per heavy atom. The standard InChI is InChI=1S/C15H14BrF2N5O/c1-15(17,18)10-3-2-4-12(5-10)20-8-13(23-19)9-24-14-21-6-11(16)7-22-14/h2-8,19-20H,9H2,1H3/b13-8-,23-19?. The number of nitrogens with zero attached hydrogens (tertiary/aromatic N) is 3. The lowest BCUT2D eigenvalue weighted by Crippen LogP contribution is -2.07. The molecule has 9 heteroatoms. The number of benzene rings is 1. The molecule has 0 aliphatic carbocycles. The Morgan fingerprint density at radius 1 is 1.42 bits per heavy atom. The Balaban J connectivity index is 2.00. The minimum absolute atomic E-state index is 0.0399. The van der Waals surface area contributed by atoms with Crippen molar-refractivity contribution in [1.29, 1.82) is 5.53 Å². The predicted octanol–water partition coefficient (Wildman–Crippen LogP) is 4.71. The van der Waals surface area contributed by atoms with Gasteiger partial charge in [-0.15, -0.1) is 0 Å². The molecule has 0 radical (unpaired) electrons. The van der Waals surface area contributed by atoms with Crippen molar-refractivity contribution in [3.05, 3.63) is 58.6 Å². The van der Waals surface area contributed by atoms with Crippen molar-refractivity contribution in [2.24, 2.45) is 5.11 Å². The van der Waals surface area contributed by atoms with Crippen LogP contribution in [0, 0.1) is 5.53 Å². The van der Waals surface area contributed by atoms with Gasteiger partial charge in [0.25, 0.3) is 5.92 Å². The first-order chi connectivity index (χ1) is 11.4. The van der Waals surface area contributed by atoms with Gasteiger partial charge in [-0.05, 0) is 28.1 Å². The lowest BCUT2D eigenvalue weighted by atomic mass is 10.1. The minimum atomic E-state index is -2.92. The van der Waals surface area contributed by atoms with E-state index in [1.807, 2.05) is 0 Å². The van der Waals surface area contributed by atoms with Crippen LogP contribution in [0.4, 0.5) is 14.5 Å². The molecule has 2 rings (SSSR count). The van der Waals surface area contributed by atoms with Gasteiger partial charge in [0, 0.05) is 36.8 Å². The van der Waals surface area contributed by atoms with Gasteiger partial charge in [-0.3, -0.25) is 0 Å². The number of hydrogen-bond acceptors (Lipinski definition) is 6. The molecular formula is C15H14BrF2N5O. The van der Waals surface area contributed by atoms with E-state index in [2.05, 4.69) is 36.3 Å². The third-order valence-electron chi connectivity index (χ3n) is 2.86. The van der Waals surface area contributed by atoms with E-state index in [-0.39, 0.29) is 23.9 Å². The molecule has 0 unspecified atom stereocenters. The number of rotatable bonds is 7. The van der Waals surface area contributed by atoms with E-state index >= 15 is 0 Å². The number of alkyl halides is 2. The summed E-state index contributed by atoms with van der Waals surface area (Å²) < 4.78 is 32.6. The van der Waals surface area contributed by atoms with E-state index in [1.54, 1.807) is 6.07 Å². The SMILES string of the molecule is CC(F)(F)c1cccc(N/C=C(/COc2ncc(Br)cn2)N=N)c1. The number of nitrogens with one attached hydrogen (secondary N) is 2. The van der Waals surface area contributed by atoms with Gasteiger partial charge >= 0.3 is 6.01 Å². The summed E-state index contributed by atoms with van der Waals surface area (Å²) in [5.41, 5.74) is 7.73. The summed E-state index contributed by atoms with van der Waals surface area (Å²) in [5, 5.41) is 6.13. The second kappa shape index (κ2) is 7.91. The lowest BCUT2D eigenvalue weighted by Gasteiger charge is -2.12. The second-order valence-corrected chi connectivity index (χ2v) is 5.75. The van der Waals surface area contributed by atoms with Crippen LogP contribution in [-0.2, 0) is 5.92 Å². The van der Waals surface area contributed by atoms with Gasteiger partial charge in [0.2, 0.25) is 0 Å². The Kier molecular flexibility index (Phi) is 5.91. The Bertz CT molecular complexity index is 731.